The number of nitrogens with zero attached hydrogens (tertiary/aromatic N) is 4. The van der Waals surface area contributed by atoms with E-state index in [2.05, 4.69) is 55.5 Å². The van der Waals surface area contributed by atoms with Gasteiger partial charge in [-0.2, -0.15) is 0 Å². The van der Waals surface area contributed by atoms with E-state index in [0.29, 0.717) is 30.0 Å². The SMILES string of the molecule is CCCn1c(C2CCC(n3ccnc3)CC2)cnc1[C@H](CC1CCCCN1)NC(=O)C1=CC2CCCCC2N1. The lowest BCUT2D eigenvalue weighted by molar-refractivity contribution is -0.118. The highest BCUT2D eigenvalue weighted by Gasteiger charge is 2.34. The fourth-order valence-electron chi connectivity index (χ4n) is 7.65. The van der Waals surface area contributed by atoms with E-state index in [-0.39, 0.29) is 11.9 Å². The van der Waals surface area contributed by atoms with Crippen molar-refractivity contribution in [2.75, 3.05) is 6.54 Å². The minimum absolute atomic E-state index is 0.0404. The Morgan fingerprint density at radius 1 is 1.10 bits per heavy atom. The van der Waals surface area contributed by atoms with E-state index in [1.165, 1.54) is 69.9 Å². The van der Waals surface area contributed by atoms with E-state index in [1.807, 2.05) is 12.5 Å². The van der Waals surface area contributed by atoms with Crippen LogP contribution in [0.4, 0.5) is 0 Å². The number of carbonyl (C=O) groups is 1. The van der Waals surface area contributed by atoms with Crippen molar-refractivity contribution >= 4 is 5.91 Å². The Morgan fingerprint density at radius 2 is 1.95 bits per heavy atom. The van der Waals surface area contributed by atoms with Gasteiger partial charge in [0.05, 0.1) is 18.1 Å². The van der Waals surface area contributed by atoms with Crippen LogP contribution in [0.3, 0.4) is 0 Å². The van der Waals surface area contributed by atoms with Gasteiger partial charge in [0.15, 0.2) is 0 Å². The normalized spacial score (nSPS) is 29.8. The van der Waals surface area contributed by atoms with Crippen LogP contribution in [0, 0.1) is 5.92 Å². The molecular weight excluding hydrogens is 486 g/mol. The molecule has 2 aliphatic heterocycles. The second-order valence-corrected chi connectivity index (χ2v) is 12.4. The van der Waals surface area contributed by atoms with Crippen LogP contribution in [0.25, 0.3) is 0 Å². The molecule has 1 saturated heterocycles. The van der Waals surface area contributed by atoms with Gasteiger partial charge in [-0.1, -0.05) is 32.3 Å². The topological polar surface area (TPSA) is 88.8 Å². The minimum atomic E-state index is -0.0963. The van der Waals surface area contributed by atoms with Crippen LogP contribution >= 0.6 is 0 Å². The summed E-state index contributed by atoms with van der Waals surface area (Å²) in [6.07, 6.45) is 25.4. The van der Waals surface area contributed by atoms with Gasteiger partial charge in [-0.05, 0) is 76.7 Å². The maximum Gasteiger partial charge on any atom is 0.267 e. The third kappa shape index (κ3) is 5.96. The van der Waals surface area contributed by atoms with E-state index in [0.717, 1.165) is 43.9 Å². The molecule has 8 nitrogen and oxygen atoms in total. The summed E-state index contributed by atoms with van der Waals surface area (Å²) in [5, 5.41) is 10.8. The van der Waals surface area contributed by atoms with Crippen LogP contribution in [0.15, 0.2) is 36.7 Å². The Morgan fingerprint density at radius 3 is 2.69 bits per heavy atom. The highest BCUT2D eigenvalue weighted by Crippen LogP contribution is 2.39. The van der Waals surface area contributed by atoms with Gasteiger partial charge in [-0.3, -0.25) is 4.79 Å². The predicted octanol–water partition coefficient (Wildman–Crippen LogP) is 5.12. The maximum atomic E-state index is 13.6. The van der Waals surface area contributed by atoms with Crippen LogP contribution < -0.4 is 16.0 Å². The third-order valence-corrected chi connectivity index (χ3v) is 9.76. The van der Waals surface area contributed by atoms with Crippen LogP contribution in [0.2, 0.25) is 0 Å². The summed E-state index contributed by atoms with van der Waals surface area (Å²) in [4.78, 5) is 23.0. The molecule has 4 atom stereocenters. The number of fused-ring (bicyclic) bond motifs is 1. The van der Waals surface area contributed by atoms with E-state index in [4.69, 9.17) is 4.98 Å². The van der Waals surface area contributed by atoms with Gasteiger partial charge in [0.2, 0.25) is 0 Å². The molecule has 2 aliphatic carbocycles. The Labute approximate surface area is 233 Å². The van der Waals surface area contributed by atoms with Crippen LogP contribution in [-0.4, -0.2) is 43.6 Å². The molecule has 2 aromatic rings. The largest absolute Gasteiger partial charge is 0.378 e. The van der Waals surface area contributed by atoms with Gasteiger partial charge >= 0.3 is 0 Å². The standard InChI is InChI=1S/C31H47N7O/c1-2-16-38-29(22-10-12-25(13-11-22)37-17-15-32-21-37)20-34-30(38)27(19-24-8-5-6-14-33-24)36-31(39)28-18-23-7-3-4-9-26(23)35-28/h15,17-18,20-27,33,35H,2-14,16,19H2,1H3,(H,36,39)/t22?,23?,24?,25?,26?,27-/m0/s1. The van der Waals surface area contributed by atoms with E-state index in [1.54, 1.807) is 0 Å². The summed E-state index contributed by atoms with van der Waals surface area (Å²) in [5.74, 6) is 2.10. The van der Waals surface area contributed by atoms with Crippen LogP contribution in [-0.2, 0) is 11.3 Å². The molecule has 0 aromatic carbocycles. The molecule has 2 saturated carbocycles. The van der Waals surface area contributed by atoms with Crippen molar-refractivity contribution in [1.82, 2.24) is 35.1 Å². The zero-order valence-corrected chi connectivity index (χ0v) is 23.7. The summed E-state index contributed by atoms with van der Waals surface area (Å²) < 4.78 is 4.74. The van der Waals surface area contributed by atoms with Crippen molar-refractivity contribution in [1.29, 1.82) is 0 Å². The van der Waals surface area contributed by atoms with Crippen molar-refractivity contribution in [3.63, 3.8) is 0 Å². The summed E-state index contributed by atoms with van der Waals surface area (Å²) in [7, 11) is 0. The Balaban J connectivity index is 1.21. The van der Waals surface area contributed by atoms with Gasteiger partial charge in [-0.15, -0.1) is 0 Å². The van der Waals surface area contributed by atoms with Crippen molar-refractivity contribution in [2.24, 2.45) is 5.92 Å². The lowest BCUT2D eigenvalue weighted by Crippen LogP contribution is -2.42. The average Bonchev–Trinajstić information content (AvgIpc) is 3.74. The Hall–Kier alpha value is -2.61. The molecule has 0 spiro atoms. The van der Waals surface area contributed by atoms with Gasteiger partial charge < -0.3 is 25.1 Å². The molecule has 1 amide bonds. The summed E-state index contributed by atoms with van der Waals surface area (Å²) in [6, 6.07) is 1.30. The zero-order chi connectivity index (χ0) is 26.6. The molecule has 2 aromatic heterocycles. The van der Waals surface area contributed by atoms with Gasteiger partial charge in [0, 0.05) is 54.9 Å². The molecule has 8 heteroatoms. The predicted molar refractivity (Wildman–Crippen MR) is 153 cm³/mol. The first-order valence-electron chi connectivity index (χ1n) is 15.7. The first-order chi connectivity index (χ1) is 19.2. The number of nitrogens with one attached hydrogen (secondary N) is 3. The average molecular weight is 534 g/mol. The van der Waals surface area contributed by atoms with Crippen LogP contribution in [0.1, 0.15) is 120 Å². The van der Waals surface area contributed by atoms with E-state index in [9.17, 15) is 4.79 Å². The molecule has 3 fully saturated rings. The quantitative estimate of drug-likeness (QED) is 0.416. The Kier molecular flexibility index (Phi) is 8.37. The van der Waals surface area contributed by atoms with Crippen molar-refractivity contribution in [2.45, 2.75) is 127 Å². The monoisotopic (exact) mass is 533 g/mol. The number of carbonyl (C=O) groups excluding carboxylic acids is 1. The lowest BCUT2D eigenvalue weighted by atomic mass is 9.84. The van der Waals surface area contributed by atoms with Crippen molar-refractivity contribution in [3.8, 4) is 0 Å². The van der Waals surface area contributed by atoms with Crippen molar-refractivity contribution in [3.05, 3.63) is 48.2 Å². The minimum Gasteiger partial charge on any atom is -0.378 e. The second kappa shape index (κ2) is 12.3. The Bertz CT molecular complexity index is 1110. The number of piperidine rings is 1. The highest BCUT2D eigenvalue weighted by molar-refractivity contribution is 5.93. The van der Waals surface area contributed by atoms with Crippen LogP contribution in [0.5, 0.6) is 0 Å². The molecular formula is C31H47N7O. The maximum absolute atomic E-state index is 13.6. The zero-order valence-electron chi connectivity index (χ0n) is 23.7. The van der Waals surface area contributed by atoms with Gasteiger partial charge in [0.25, 0.3) is 5.91 Å². The summed E-state index contributed by atoms with van der Waals surface area (Å²) in [6.45, 7) is 4.26. The molecule has 0 bridgehead atoms. The lowest BCUT2D eigenvalue weighted by Gasteiger charge is -2.31. The second-order valence-electron chi connectivity index (χ2n) is 12.4. The first kappa shape index (κ1) is 26.6. The fourth-order valence-corrected chi connectivity index (χ4v) is 7.65. The highest BCUT2D eigenvalue weighted by atomic mass is 16.2. The smallest absolute Gasteiger partial charge is 0.267 e. The van der Waals surface area contributed by atoms with E-state index >= 15 is 0 Å². The summed E-state index contributed by atoms with van der Waals surface area (Å²) >= 11 is 0. The summed E-state index contributed by atoms with van der Waals surface area (Å²) in [5.41, 5.74) is 2.14. The number of amides is 1. The molecule has 39 heavy (non-hydrogen) atoms. The molecule has 3 unspecified atom stereocenters. The third-order valence-electron chi connectivity index (χ3n) is 9.76. The van der Waals surface area contributed by atoms with Gasteiger partial charge in [0.1, 0.15) is 5.82 Å². The molecule has 4 aliphatic rings. The number of aromatic nitrogens is 4. The number of rotatable bonds is 9. The molecule has 4 heterocycles. The number of hydrogen-bond acceptors (Lipinski definition) is 5. The van der Waals surface area contributed by atoms with E-state index < -0.39 is 0 Å². The molecule has 0 radical (unpaired) electrons. The molecule has 6 rings (SSSR count). The van der Waals surface area contributed by atoms with Crippen molar-refractivity contribution < 1.29 is 4.79 Å². The fraction of sp³-hybridized carbons (Fsp3) is 0.710. The number of imidazole rings is 2. The first-order valence-corrected chi connectivity index (χ1v) is 15.7. The van der Waals surface area contributed by atoms with Gasteiger partial charge in [-0.25, -0.2) is 9.97 Å². The molecule has 3 N–H and O–H groups in total. The molecule has 212 valence electrons. The number of hydrogen-bond donors (Lipinski definition) is 3.